The SMILES string of the molecule is Cc1c(I)cc(Oc2c(I)cc(C[C@H](N)C(=O)O)cc2I)cc1I. The number of carboxylic acid groups (broad SMARTS) is 1. The van der Waals surface area contributed by atoms with E-state index in [-0.39, 0.29) is 0 Å². The highest BCUT2D eigenvalue weighted by atomic mass is 127. The Kier molecular flexibility index (Phi) is 7.83. The van der Waals surface area contributed by atoms with Gasteiger partial charge in [-0.05, 0) is 139 Å². The molecule has 0 aliphatic heterocycles. The number of ether oxygens (including phenoxy) is 1. The fraction of sp³-hybridized carbons (Fsp3) is 0.188. The number of carbonyl (C=O) groups is 1. The van der Waals surface area contributed by atoms with Crippen LogP contribution in [-0.4, -0.2) is 17.1 Å². The summed E-state index contributed by atoms with van der Waals surface area (Å²) in [5.41, 5.74) is 7.75. The first kappa shape index (κ1) is 20.9. The Morgan fingerprint density at radius 2 is 1.58 bits per heavy atom. The first-order valence-electron chi connectivity index (χ1n) is 6.79. The van der Waals surface area contributed by atoms with E-state index in [1.54, 1.807) is 0 Å². The van der Waals surface area contributed by atoms with E-state index < -0.39 is 12.0 Å². The van der Waals surface area contributed by atoms with Gasteiger partial charge in [0.15, 0.2) is 5.75 Å². The molecule has 0 unspecified atom stereocenters. The molecular weight excluding hydrogens is 762 g/mol. The normalized spacial score (nSPS) is 12.1. The number of halogens is 4. The van der Waals surface area contributed by atoms with E-state index in [4.69, 9.17) is 15.6 Å². The van der Waals surface area contributed by atoms with Crippen LogP contribution in [0.4, 0.5) is 0 Å². The summed E-state index contributed by atoms with van der Waals surface area (Å²) in [6, 6.07) is 6.97. The van der Waals surface area contributed by atoms with Gasteiger partial charge in [-0.25, -0.2) is 0 Å². The number of nitrogens with two attached hydrogens (primary N) is 1. The molecule has 8 heteroatoms. The smallest absolute Gasteiger partial charge is 0.320 e. The zero-order valence-corrected chi connectivity index (χ0v) is 21.1. The highest BCUT2D eigenvalue weighted by Gasteiger charge is 2.16. The van der Waals surface area contributed by atoms with Gasteiger partial charge in [0.1, 0.15) is 11.8 Å². The molecule has 0 fully saturated rings. The first-order chi connectivity index (χ1) is 11.2. The van der Waals surface area contributed by atoms with Gasteiger partial charge in [-0.15, -0.1) is 0 Å². The maximum absolute atomic E-state index is 10.9. The highest BCUT2D eigenvalue weighted by Crippen LogP contribution is 2.35. The largest absolute Gasteiger partial charge is 0.480 e. The van der Waals surface area contributed by atoms with E-state index in [2.05, 4.69) is 97.3 Å². The predicted octanol–water partition coefficient (Wildman–Crippen LogP) is 5.16. The van der Waals surface area contributed by atoms with Gasteiger partial charge in [0.2, 0.25) is 0 Å². The number of benzene rings is 2. The molecule has 0 radical (unpaired) electrons. The van der Waals surface area contributed by atoms with Gasteiger partial charge in [-0.3, -0.25) is 4.79 Å². The molecule has 24 heavy (non-hydrogen) atoms. The quantitative estimate of drug-likeness (QED) is 0.413. The van der Waals surface area contributed by atoms with Crippen molar-refractivity contribution >= 4 is 96.3 Å². The third-order valence-corrected chi connectivity index (χ3v) is 7.15. The molecule has 2 aromatic carbocycles. The molecule has 0 spiro atoms. The molecule has 2 aromatic rings. The fourth-order valence-electron chi connectivity index (χ4n) is 1.97. The van der Waals surface area contributed by atoms with Crippen LogP contribution in [0.3, 0.4) is 0 Å². The minimum atomic E-state index is -0.996. The van der Waals surface area contributed by atoms with Crippen molar-refractivity contribution in [1.29, 1.82) is 0 Å². The number of carboxylic acids is 1. The molecule has 2 rings (SSSR count). The molecule has 0 aliphatic carbocycles. The molecule has 0 saturated carbocycles. The molecule has 3 N–H and O–H groups in total. The Balaban J connectivity index is 2.30. The lowest BCUT2D eigenvalue weighted by Gasteiger charge is -2.14. The van der Waals surface area contributed by atoms with Crippen LogP contribution in [0.2, 0.25) is 0 Å². The molecule has 128 valence electrons. The van der Waals surface area contributed by atoms with Crippen molar-refractivity contribution in [2.45, 2.75) is 19.4 Å². The van der Waals surface area contributed by atoms with Crippen molar-refractivity contribution in [2.75, 3.05) is 0 Å². The van der Waals surface area contributed by atoms with E-state index in [0.29, 0.717) is 6.42 Å². The van der Waals surface area contributed by atoms with Gasteiger partial charge in [0, 0.05) is 7.14 Å². The highest BCUT2D eigenvalue weighted by molar-refractivity contribution is 14.1. The van der Waals surface area contributed by atoms with Crippen molar-refractivity contribution < 1.29 is 14.6 Å². The summed E-state index contributed by atoms with van der Waals surface area (Å²) in [5, 5.41) is 8.95. The zero-order chi connectivity index (χ0) is 18.0. The van der Waals surface area contributed by atoms with Crippen LogP contribution in [0.25, 0.3) is 0 Å². The average Bonchev–Trinajstić information content (AvgIpc) is 2.48. The molecule has 0 bridgehead atoms. The van der Waals surface area contributed by atoms with Crippen molar-refractivity contribution in [3.63, 3.8) is 0 Å². The lowest BCUT2D eigenvalue weighted by molar-refractivity contribution is -0.138. The van der Waals surface area contributed by atoms with Crippen molar-refractivity contribution in [1.82, 2.24) is 0 Å². The van der Waals surface area contributed by atoms with E-state index in [1.165, 1.54) is 5.56 Å². The third-order valence-electron chi connectivity index (χ3n) is 3.31. The predicted molar refractivity (Wildman–Crippen MR) is 128 cm³/mol. The van der Waals surface area contributed by atoms with Crippen LogP contribution >= 0.6 is 90.4 Å². The summed E-state index contributed by atoms with van der Waals surface area (Å²) < 4.78 is 10.3. The van der Waals surface area contributed by atoms with Crippen LogP contribution in [0.15, 0.2) is 24.3 Å². The Hall–Kier alpha value is 0.590. The lowest BCUT2D eigenvalue weighted by atomic mass is 10.1. The average molecular weight is 775 g/mol. The number of rotatable bonds is 5. The van der Waals surface area contributed by atoms with Crippen LogP contribution < -0.4 is 10.5 Å². The molecule has 0 saturated heterocycles. The summed E-state index contributed by atoms with van der Waals surface area (Å²) in [5.74, 6) is 0.573. The topological polar surface area (TPSA) is 72.5 Å². The molecule has 0 heterocycles. The second-order valence-electron chi connectivity index (χ2n) is 5.15. The van der Waals surface area contributed by atoms with Crippen LogP contribution in [0, 0.1) is 21.2 Å². The van der Waals surface area contributed by atoms with Gasteiger partial charge in [0.05, 0.1) is 7.14 Å². The summed E-state index contributed by atoms with van der Waals surface area (Å²) in [4.78, 5) is 10.9. The maximum Gasteiger partial charge on any atom is 0.320 e. The van der Waals surface area contributed by atoms with Gasteiger partial charge in [-0.2, -0.15) is 0 Å². The summed E-state index contributed by atoms with van der Waals surface area (Å²) >= 11 is 9.01. The molecule has 0 aromatic heterocycles. The van der Waals surface area contributed by atoms with Gasteiger partial charge in [-0.1, -0.05) is 0 Å². The lowest BCUT2D eigenvalue weighted by Crippen LogP contribution is -2.32. The van der Waals surface area contributed by atoms with E-state index in [9.17, 15) is 4.79 Å². The van der Waals surface area contributed by atoms with E-state index in [1.807, 2.05) is 24.3 Å². The maximum atomic E-state index is 10.9. The minimum Gasteiger partial charge on any atom is -0.480 e. The fourth-order valence-corrected chi connectivity index (χ4v) is 5.80. The van der Waals surface area contributed by atoms with Crippen LogP contribution in [0.1, 0.15) is 11.1 Å². The zero-order valence-electron chi connectivity index (χ0n) is 12.4. The van der Waals surface area contributed by atoms with E-state index >= 15 is 0 Å². The monoisotopic (exact) mass is 775 g/mol. The van der Waals surface area contributed by atoms with E-state index in [0.717, 1.165) is 31.3 Å². The number of aliphatic carboxylic acids is 1. The number of hydrogen-bond donors (Lipinski definition) is 2. The van der Waals surface area contributed by atoms with Crippen LogP contribution in [-0.2, 0) is 11.2 Å². The standard InChI is InChI=1S/C16H13I4NO3/c1-7-10(17)5-9(6-11(7)18)24-15-12(19)2-8(3-13(15)20)4-14(21)16(22)23/h2-3,5-6,14H,4,21H2,1H3,(H,22,23)/t14-/m0/s1. The second kappa shape index (κ2) is 8.99. The second-order valence-corrected chi connectivity index (χ2v) is 9.80. The van der Waals surface area contributed by atoms with Gasteiger partial charge >= 0.3 is 5.97 Å². The molecule has 0 amide bonds. The Bertz CT molecular complexity index is 749. The van der Waals surface area contributed by atoms with Crippen LogP contribution in [0.5, 0.6) is 11.5 Å². The van der Waals surface area contributed by atoms with Crippen molar-refractivity contribution in [3.05, 3.63) is 49.7 Å². The third kappa shape index (κ3) is 5.30. The Morgan fingerprint density at radius 3 is 2.04 bits per heavy atom. The van der Waals surface area contributed by atoms with Gasteiger partial charge < -0.3 is 15.6 Å². The van der Waals surface area contributed by atoms with Crippen molar-refractivity contribution in [3.8, 4) is 11.5 Å². The Labute approximate surface area is 194 Å². The molecular formula is C16H13I4NO3. The number of hydrogen-bond acceptors (Lipinski definition) is 3. The summed E-state index contributed by atoms with van der Waals surface area (Å²) in [6.45, 7) is 2.08. The summed E-state index contributed by atoms with van der Waals surface area (Å²) in [7, 11) is 0. The first-order valence-corrected chi connectivity index (χ1v) is 11.1. The molecule has 0 aliphatic rings. The van der Waals surface area contributed by atoms with Gasteiger partial charge in [0.25, 0.3) is 0 Å². The van der Waals surface area contributed by atoms with Crippen molar-refractivity contribution in [2.24, 2.45) is 5.73 Å². The molecule has 4 nitrogen and oxygen atoms in total. The minimum absolute atomic E-state index is 0.294. The molecule has 1 atom stereocenters. The Morgan fingerprint density at radius 1 is 1.08 bits per heavy atom. The summed E-state index contributed by atoms with van der Waals surface area (Å²) in [6.07, 6.45) is 0.294.